The lowest BCUT2D eigenvalue weighted by Crippen LogP contribution is -1.84. The molecular weight excluding hydrogens is 292 g/mol. The van der Waals surface area contributed by atoms with Gasteiger partial charge in [-0.15, -0.1) is 0 Å². The molecule has 0 radical (unpaired) electrons. The molecule has 0 saturated heterocycles. The number of unbranched alkanes of at least 4 members (excludes halogenated alkanes) is 1. The number of allylic oxidation sites excluding steroid dienone is 2. The van der Waals surface area contributed by atoms with Gasteiger partial charge in [0.1, 0.15) is 5.75 Å². The number of methoxy groups -OCH3 is 1. The lowest BCUT2D eigenvalue weighted by Gasteiger charge is -1.98. The summed E-state index contributed by atoms with van der Waals surface area (Å²) in [6.45, 7) is 2.21. The van der Waals surface area contributed by atoms with Crippen molar-refractivity contribution in [2.24, 2.45) is 0 Å². The molecule has 0 aliphatic heterocycles. The van der Waals surface area contributed by atoms with Crippen molar-refractivity contribution in [2.45, 2.75) is 26.2 Å². The molecule has 0 aliphatic carbocycles. The molecule has 0 unspecified atom stereocenters. The predicted octanol–water partition coefficient (Wildman–Crippen LogP) is 5.00. The van der Waals surface area contributed by atoms with E-state index < -0.39 is 0 Å². The van der Waals surface area contributed by atoms with Gasteiger partial charge in [-0.25, -0.2) is 0 Å². The van der Waals surface area contributed by atoms with E-state index >= 15 is 0 Å². The molecule has 1 nitrogen and oxygen atoms in total. The maximum Gasteiger partial charge on any atom is 0.118 e. The van der Waals surface area contributed by atoms with Crippen molar-refractivity contribution in [3.63, 3.8) is 0 Å². The zero-order chi connectivity index (χ0) is 17.0. The Morgan fingerprint density at radius 3 is 1.88 bits per heavy atom. The van der Waals surface area contributed by atoms with Crippen LogP contribution in [0.15, 0.2) is 60.7 Å². The summed E-state index contributed by atoms with van der Waals surface area (Å²) in [5.74, 6) is 13.0. The fourth-order valence-electron chi connectivity index (χ4n) is 2.14. The Hall–Kier alpha value is -2.90. The summed E-state index contributed by atoms with van der Waals surface area (Å²) in [6, 6.07) is 16.1. The zero-order valence-electron chi connectivity index (χ0n) is 14.3. The van der Waals surface area contributed by atoms with Gasteiger partial charge in [0.05, 0.1) is 7.11 Å². The smallest absolute Gasteiger partial charge is 0.118 e. The second kappa shape index (κ2) is 9.98. The highest BCUT2D eigenvalue weighted by molar-refractivity contribution is 5.42. The van der Waals surface area contributed by atoms with E-state index in [1.54, 1.807) is 19.3 Å². The summed E-state index contributed by atoms with van der Waals surface area (Å²) >= 11 is 0. The quantitative estimate of drug-likeness (QED) is 0.722. The molecule has 2 aromatic carbocycles. The number of benzene rings is 2. The Labute approximate surface area is 145 Å². The summed E-state index contributed by atoms with van der Waals surface area (Å²) in [5, 5.41) is 0. The highest BCUT2D eigenvalue weighted by atomic mass is 16.5. The first kappa shape index (κ1) is 17.5. The van der Waals surface area contributed by atoms with Crippen LogP contribution in [0.2, 0.25) is 0 Å². The molecule has 1 heteroatoms. The average molecular weight is 314 g/mol. The first-order valence-corrected chi connectivity index (χ1v) is 8.23. The van der Waals surface area contributed by atoms with Crippen molar-refractivity contribution in [1.82, 2.24) is 0 Å². The van der Waals surface area contributed by atoms with Gasteiger partial charge in [0.15, 0.2) is 0 Å². The highest BCUT2D eigenvalue weighted by Crippen LogP contribution is 2.10. The van der Waals surface area contributed by atoms with Crippen molar-refractivity contribution in [3.05, 3.63) is 77.4 Å². The second-order valence-corrected chi connectivity index (χ2v) is 5.40. The van der Waals surface area contributed by atoms with Crippen molar-refractivity contribution >= 4 is 0 Å². The number of aryl methyl sites for hydroxylation is 1. The molecule has 0 spiro atoms. The number of rotatable bonds is 4. The number of hydrogen-bond acceptors (Lipinski definition) is 1. The van der Waals surface area contributed by atoms with E-state index in [0.29, 0.717) is 0 Å². The SMILES string of the molecule is CCCCc1ccc(C#CC=CC#Cc2ccc(OC)cc2)cc1. The van der Waals surface area contributed by atoms with Crippen LogP contribution in [0.5, 0.6) is 5.75 Å². The molecular formula is C23H22O. The second-order valence-electron chi connectivity index (χ2n) is 5.40. The van der Waals surface area contributed by atoms with Gasteiger partial charge in [0.2, 0.25) is 0 Å². The van der Waals surface area contributed by atoms with Gasteiger partial charge in [-0.1, -0.05) is 49.2 Å². The first-order chi connectivity index (χ1) is 11.8. The zero-order valence-corrected chi connectivity index (χ0v) is 14.3. The Bertz CT molecular complexity index is 772. The molecule has 2 rings (SSSR count). The predicted molar refractivity (Wildman–Crippen MR) is 101 cm³/mol. The molecule has 0 bridgehead atoms. The lowest BCUT2D eigenvalue weighted by atomic mass is 10.1. The molecule has 120 valence electrons. The molecule has 24 heavy (non-hydrogen) atoms. The van der Waals surface area contributed by atoms with E-state index in [0.717, 1.165) is 23.3 Å². The summed E-state index contributed by atoms with van der Waals surface area (Å²) in [6.07, 6.45) is 7.16. The topological polar surface area (TPSA) is 9.23 Å². The molecule has 0 N–H and O–H groups in total. The molecule has 0 fully saturated rings. The van der Waals surface area contributed by atoms with E-state index in [-0.39, 0.29) is 0 Å². The summed E-state index contributed by atoms with van der Waals surface area (Å²) in [7, 11) is 1.65. The van der Waals surface area contributed by atoms with Crippen molar-refractivity contribution in [1.29, 1.82) is 0 Å². The van der Waals surface area contributed by atoms with Crippen LogP contribution in [0.4, 0.5) is 0 Å². The molecule has 0 atom stereocenters. The minimum absolute atomic E-state index is 0.836. The van der Waals surface area contributed by atoms with Crippen LogP contribution in [0.1, 0.15) is 36.5 Å². The summed E-state index contributed by atoms with van der Waals surface area (Å²) < 4.78 is 5.11. The van der Waals surface area contributed by atoms with Gasteiger partial charge in [0, 0.05) is 11.1 Å². The molecule has 0 saturated carbocycles. The van der Waals surface area contributed by atoms with Gasteiger partial charge < -0.3 is 4.74 Å². The van der Waals surface area contributed by atoms with Crippen LogP contribution >= 0.6 is 0 Å². The van der Waals surface area contributed by atoms with Gasteiger partial charge in [0.25, 0.3) is 0 Å². The van der Waals surface area contributed by atoms with Crippen molar-refractivity contribution in [2.75, 3.05) is 7.11 Å². The molecule has 0 heterocycles. The third-order valence-electron chi connectivity index (χ3n) is 3.55. The van der Waals surface area contributed by atoms with E-state index in [2.05, 4.69) is 54.9 Å². The van der Waals surface area contributed by atoms with Gasteiger partial charge in [-0.05, 0) is 67.0 Å². The minimum atomic E-state index is 0.836. The Morgan fingerprint density at radius 2 is 1.38 bits per heavy atom. The molecule has 0 aliphatic rings. The van der Waals surface area contributed by atoms with Gasteiger partial charge in [-0.2, -0.15) is 0 Å². The maximum absolute atomic E-state index is 5.11. The first-order valence-electron chi connectivity index (χ1n) is 8.23. The van der Waals surface area contributed by atoms with Crippen LogP contribution in [-0.4, -0.2) is 7.11 Å². The largest absolute Gasteiger partial charge is 0.497 e. The molecule has 2 aromatic rings. The van der Waals surface area contributed by atoms with E-state index in [1.807, 2.05) is 24.3 Å². The summed E-state index contributed by atoms with van der Waals surface area (Å²) in [5.41, 5.74) is 3.36. The van der Waals surface area contributed by atoms with Crippen LogP contribution in [0, 0.1) is 23.7 Å². The van der Waals surface area contributed by atoms with Crippen molar-refractivity contribution < 1.29 is 4.74 Å². The minimum Gasteiger partial charge on any atom is -0.497 e. The third kappa shape index (κ3) is 6.07. The molecule has 0 aromatic heterocycles. The van der Waals surface area contributed by atoms with E-state index in [9.17, 15) is 0 Å². The average Bonchev–Trinajstić information content (AvgIpc) is 2.64. The maximum atomic E-state index is 5.11. The van der Waals surface area contributed by atoms with Crippen LogP contribution in [0.3, 0.4) is 0 Å². The van der Waals surface area contributed by atoms with Crippen molar-refractivity contribution in [3.8, 4) is 29.4 Å². The van der Waals surface area contributed by atoms with Crippen LogP contribution < -0.4 is 4.74 Å². The van der Waals surface area contributed by atoms with Gasteiger partial charge in [-0.3, -0.25) is 0 Å². The lowest BCUT2D eigenvalue weighted by molar-refractivity contribution is 0.415. The summed E-state index contributed by atoms with van der Waals surface area (Å²) in [4.78, 5) is 0. The monoisotopic (exact) mass is 314 g/mol. The normalized spacial score (nSPS) is 9.75. The van der Waals surface area contributed by atoms with Crippen LogP contribution in [-0.2, 0) is 6.42 Å². The van der Waals surface area contributed by atoms with Crippen LogP contribution in [0.25, 0.3) is 0 Å². The Morgan fingerprint density at radius 1 is 0.833 bits per heavy atom. The Balaban J connectivity index is 1.88. The fraction of sp³-hybridized carbons (Fsp3) is 0.217. The Kier molecular flexibility index (Phi) is 7.26. The highest BCUT2D eigenvalue weighted by Gasteiger charge is 1.92. The third-order valence-corrected chi connectivity index (χ3v) is 3.55. The van der Waals surface area contributed by atoms with E-state index in [4.69, 9.17) is 4.74 Å². The standard InChI is InChI=1S/C23H22O/c1-3-4-9-20-12-14-21(15-13-20)10-7-5-6-8-11-22-16-18-23(24-2)19-17-22/h5-6,12-19H,3-4,9H2,1-2H3. The van der Waals surface area contributed by atoms with E-state index in [1.165, 1.54) is 18.4 Å². The fourth-order valence-corrected chi connectivity index (χ4v) is 2.14. The number of ether oxygens (including phenoxy) is 1. The number of hydrogen-bond donors (Lipinski definition) is 0. The molecule has 0 amide bonds. The van der Waals surface area contributed by atoms with Gasteiger partial charge >= 0.3 is 0 Å².